The Labute approximate surface area is 242 Å². The highest BCUT2D eigenvalue weighted by atomic mass is 32.2. The number of nitrogens with two attached hydrogens (primary N) is 1. The number of nitro groups is 2. The number of nitrogen functional groups attached to an aromatic ring is 1. The van der Waals surface area contributed by atoms with Crippen molar-refractivity contribution in [1.29, 1.82) is 0 Å². The Morgan fingerprint density at radius 3 is 2.48 bits per heavy atom. The third-order valence-electron chi connectivity index (χ3n) is 6.16. The van der Waals surface area contributed by atoms with Crippen molar-refractivity contribution in [2.24, 2.45) is 10.6 Å². The quantitative estimate of drug-likeness (QED) is 0.115. The smallest absolute Gasteiger partial charge is 0.344 e. The van der Waals surface area contributed by atoms with Crippen LogP contribution in [0.2, 0.25) is 0 Å². The van der Waals surface area contributed by atoms with Crippen molar-refractivity contribution >= 4 is 75.1 Å². The largest absolute Gasteiger partial charge is 0.481 e. The predicted octanol–water partition coefficient (Wildman–Crippen LogP) is 0.531. The number of benzene rings is 1. The number of anilines is 1. The van der Waals surface area contributed by atoms with Crippen LogP contribution in [0.1, 0.15) is 11.3 Å². The molecule has 18 nitrogen and oxygen atoms in total. The Hall–Kier alpha value is -5.11. The van der Waals surface area contributed by atoms with Crippen molar-refractivity contribution in [3.8, 4) is 0 Å². The maximum Gasteiger partial charge on any atom is 0.344 e. The van der Waals surface area contributed by atoms with Crippen LogP contribution in [0.4, 0.5) is 16.5 Å². The highest BCUT2D eigenvalue weighted by Crippen LogP contribution is 2.44. The first-order chi connectivity index (χ1) is 19.8. The van der Waals surface area contributed by atoms with Crippen LogP contribution in [0.3, 0.4) is 0 Å². The first-order valence-corrected chi connectivity index (χ1v) is 13.5. The average Bonchev–Trinajstić information content (AvgIpc) is 3.37. The number of carboxylic acids is 2. The highest BCUT2D eigenvalue weighted by molar-refractivity contribution is 8.00. The zero-order valence-electron chi connectivity index (χ0n) is 20.9. The van der Waals surface area contributed by atoms with Crippen LogP contribution in [0, 0.1) is 25.6 Å². The Bertz CT molecular complexity index is 1530. The number of β-lactam (4-membered cyclic amide) rings is 1. The number of hydrogen-bond donors (Lipinski definition) is 4. The summed E-state index contributed by atoms with van der Waals surface area (Å²) in [6, 6.07) is 2.10. The molecule has 20 heteroatoms. The minimum absolute atomic E-state index is 0.0283. The van der Waals surface area contributed by atoms with E-state index >= 15 is 0 Å². The number of hydrogen-bond acceptors (Lipinski definition) is 14. The fourth-order valence-corrected chi connectivity index (χ4v) is 6.19. The number of thioether (sulfide) groups is 1. The van der Waals surface area contributed by atoms with E-state index in [1.807, 2.05) is 0 Å². The molecular weight excluding hydrogens is 602 g/mol. The molecule has 2 amide bonds. The van der Waals surface area contributed by atoms with E-state index in [-0.39, 0.29) is 23.1 Å². The third-order valence-corrected chi connectivity index (χ3v) is 8.39. The second-order valence-corrected chi connectivity index (χ2v) is 10.8. The summed E-state index contributed by atoms with van der Waals surface area (Å²) in [5.74, 6) is -4.47. The molecule has 3 atom stereocenters. The lowest BCUT2D eigenvalue weighted by atomic mass is 9.86. The van der Waals surface area contributed by atoms with Gasteiger partial charge in [-0.2, -0.15) is 0 Å². The minimum atomic E-state index is -1.77. The van der Waals surface area contributed by atoms with Crippen molar-refractivity contribution in [2.75, 3.05) is 24.6 Å². The van der Waals surface area contributed by atoms with Crippen molar-refractivity contribution in [3.05, 3.63) is 61.1 Å². The van der Waals surface area contributed by atoms with Crippen LogP contribution in [-0.4, -0.2) is 89.7 Å². The van der Waals surface area contributed by atoms with Gasteiger partial charge in [0.15, 0.2) is 10.8 Å². The van der Waals surface area contributed by atoms with E-state index in [0.29, 0.717) is 0 Å². The molecule has 42 heavy (non-hydrogen) atoms. The normalized spacial score (nSPS) is 21.8. The highest BCUT2D eigenvalue weighted by Gasteiger charge is 2.57. The molecule has 2 aliphatic rings. The van der Waals surface area contributed by atoms with Gasteiger partial charge in [0.05, 0.1) is 9.85 Å². The molecule has 2 fully saturated rings. The second kappa shape index (κ2) is 11.8. The van der Waals surface area contributed by atoms with Crippen LogP contribution in [-0.2, 0) is 24.0 Å². The molecule has 2 unspecified atom stereocenters. The van der Waals surface area contributed by atoms with E-state index in [2.05, 4.69) is 20.3 Å². The van der Waals surface area contributed by atoms with E-state index in [4.69, 9.17) is 10.8 Å². The van der Waals surface area contributed by atoms with Gasteiger partial charge >= 0.3 is 11.9 Å². The molecular formula is C22H19N7O11S2. The van der Waals surface area contributed by atoms with Gasteiger partial charge in [-0.05, 0) is 12.1 Å². The number of carbonyl (C=O) groups is 4. The van der Waals surface area contributed by atoms with Gasteiger partial charge in [-0.1, -0.05) is 11.2 Å². The van der Waals surface area contributed by atoms with Gasteiger partial charge < -0.3 is 31.0 Å². The number of amides is 2. The molecule has 3 heterocycles. The number of nitro benzene ring substituents is 2. The van der Waals surface area contributed by atoms with E-state index in [9.17, 15) is 44.5 Å². The van der Waals surface area contributed by atoms with Crippen LogP contribution < -0.4 is 11.1 Å². The molecule has 4 rings (SSSR count). The zero-order valence-corrected chi connectivity index (χ0v) is 22.6. The molecule has 0 radical (unpaired) electrons. The lowest BCUT2D eigenvalue weighted by molar-refractivity contribution is -0.394. The summed E-state index contributed by atoms with van der Waals surface area (Å²) in [7, 11) is 0. The summed E-state index contributed by atoms with van der Waals surface area (Å²) in [5, 5.41) is 48.5. The van der Waals surface area contributed by atoms with Gasteiger partial charge in [-0.25, -0.2) is 9.78 Å². The van der Waals surface area contributed by atoms with Gasteiger partial charge in [0.1, 0.15) is 28.1 Å². The maximum atomic E-state index is 13.0. The van der Waals surface area contributed by atoms with Crippen LogP contribution >= 0.6 is 23.1 Å². The maximum absolute atomic E-state index is 13.0. The molecule has 2 aromatic rings. The monoisotopic (exact) mass is 621 g/mol. The van der Waals surface area contributed by atoms with E-state index < -0.39 is 79.7 Å². The van der Waals surface area contributed by atoms with Crippen LogP contribution in [0.5, 0.6) is 0 Å². The van der Waals surface area contributed by atoms with Crippen LogP contribution in [0.25, 0.3) is 6.08 Å². The number of nitrogens with one attached hydrogen (secondary N) is 1. The lowest BCUT2D eigenvalue weighted by Crippen LogP contribution is -2.73. The SMILES string of the molecule is Nc1nc(C(=NOCC(=O)O)C(=O)NC2C(=O)N3CC(C=Cc4c([N+](=O)[O-])cccc4[N+](=O)[O-])(C(=O)O)CS[C@H]23)cs1. The van der Waals surface area contributed by atoms with Gasteiger partial charge in [0, 0.05) is 29.8 Å². The standard InChI is InChI=1S/C22H19N7O11S2/c23-21-24-11(7-41-21)15(26-40-6-14(30)31)17(32)25-16-18(33)27-8-22(20(34)35,9-42-19(16)27)5-4-10-12(28(36)37)2-1-3-13(10)29(38)39/h1-5,7,16,19H,6,8-9H2,(H2,23,24)(H,25,32)(H,30,31)(H,34,35)/t16?,19-,22?/m1/s1. The zero-order chi connectivity index (χ0) is 30.8. The Morgan fingerprint density at radius 2 is 1.93 bits per heavy atom. The van der Waals surface area contributed by atoms with E-state index in [1.54, 1.807) is 0 Å². The van der Waals surface area contributed by atoms with E-state index in [1.165, 1.54) is 10.3 Å². The van der Waals surface area contributed by atoms with Crippen molar-refractivity contribution in [2.45, 2.75) is 11.4 Å². The van der Waals surface area contributed by atoms with Crippen molar-refractivity contribution in [1.82, 2.24) is 15.2 Å². The minimum Gasteiger partial charge on any atom is -0.481 e. The fourth-order valence-electron chi connectivity index (χ4n) is 4.13. The van der Waals surface area contributed by atoms with Gasteiger partial charge in [0.25, 0.3) is 17.3 Å². The fraction of sp³-hybridized carbons (Fsp3) is 0.273. The molecule has 1 aromatic heterocycles. The predicted molar refractivity (Wildman–Crippen MR) is 145 cm³/mol. The average molecular weight is 622 g/mol. The number of aliphatic carboxylic acids is 2. The van der Waals surface area contributed by atoms with Gasteiger partial charge in [0.2, 0.25) is 12.5 Å². The first kappa shape index (κ1) is 29.9. The van der Waals surface area contributed by atoms with Gasteiger partial charge in [-0.15, -0.1) is 23.1 Å². The van der Waals surface area contributed by atoms with Crippen molar-refractivity contribution < 1.29 is 44.1 Å². The van der Waals surface area contributed by atoms with E-state index in [0.717, 1.165) is 53.4 Å². The first-order valence-electron chi connectivity index (χ1n) is 11.5. The number of aromatic nitrogens is 1. The topological polar surface area (TPSA) is 271 Å². The number of nitrogens with zero attached hydrogens (tertiary/aromatic N) is 5. The number of rotatable bonds is 11. The molecule has 1 aromatic carbocycles. The number of thiazole rings is 1. The summed E-state index contributed by atoms with van der Waals surface area (Å²) in [4.78, 5) is 80.1. The van der Waals surface area contributed by atoms with Gasteiger partial charge in [-0.3, -0.25) is 34.6 Å². The number of oxime groups is 1. The Morgan fingerprint density at radius 1 is 1.26 bits per heavy atom. The summed E-state index contributed by atoms with van der Waals surface area (Å²) in [6.45, 7) is -1.24. The Kier molecular flexibility index (Phi) is 8.38. The molecule has 0 spiro atoms. The number of carbonyl (C=O) groups excluding carboxylic acids is 2. The molecule has 0 aliphatic carbocycles. The summed E-state index contributed by atoms with van der Waals surface area (Å²) in [6.07, 6.45) is 2.08. The number of carboxylic acid groups (broad SMARTS) is 2. The molecule has 2 saturated heterocycles. The molecule has 2 aliphatic heterocycles. The molecule has 220 valence electrons. The molecule has 0 bridgehead atoms. The summed E-state index contributed by atoms with van der Waals surface area (Å²) in [5.41, 5.74) is 1.76. The Balaban J connectivity index is 1.54. The second-order valence-electron chi connectivity index (χ2n) is 8.82. The molecule has 5 N–H and O–H groups in total. The number of fused-ring (bicyclic) bond motifs is 1. The lowest BCUT2D eigenvalue weighted by Gasteiger charge is -2.53. The third kappa shape index (κ3) is 5.83. The summed E-state index contributed by atoms with van der Waals surface area (Å²) < 4.78 is 0. The van der Waals surface area contributed by atoms with Crippen LogP contribution in [0.15, 0.2) is 34.8 Å². The summed E-state index contributed by atoms with van der Waals surface area (Å²) >= 11 is 1.98. The molecule has 0 saturated carbocycles. The van der Waals surface area contributed by atoms with Crippen molar-refractivity contribution in [3.63, 3.8) is 0 Å².